The van der Waals surface area contributed by atoms with Crippen molar-refractivity contribution in [2.24, 2.45) is 0 Å². The van der Waals surface area contributed by atoms with Crippen molar-refractivity contribution < 1.29 is 4.79 Å². The van der Waals surface area contributed by atoms with Crippen LogP contribution in [-0.2, 0) is 0 Å². The first-order valence-corrected chi connectivity index (χ1v) is 8.64. The molecular weight excluding hydrogens is 358 g/mol. The zero-order valence-corrected chi connectivity index (χ0v) is 14.7. The molecule has 8 heteroatoms. The summed E-state index contributed by atoms with van der Waals surface area (Å²) in [4.78, 5) is 13.1. The van der Waals surface area contributed by atoms with E-state index in [0.29, 0.717) is 16.3 Å². The largest absolute Gasteiger partial charge is 0.322 e. The van der Waals surface area contributed by atoms with Gasteiger partial charge in [-0.1, -0.05) is 29.0 Å². The van der Waals surface area contributed by atoms with Gasteiger partial charge in [0.15, 0.2) is 0 Å². The van der Waals surface area contributed by atoms with Crippen molar-refractivity contribution in [1.82, 2.24) is 19.8 Å². The number of nitrogens with one attached hydrogen (secondary N) is 1. The van der Waals surface area contributed by atoms with Crippen LogP contribution in [0.1, 0.15) is 15.9 Å². The van der Waals surface area contributed by atoms with E-state index < -0.39 is 0 Å². The van der Waals surface area contributed by atoms with E-state index in [0.717, 1.165) is 21.1 Å². The Labute approximate surface area is 152 Å². The van der Waals surface area contributed by atoms with Crippen molar-refractivity contribution in [2.75, 3.05) is 5.32 Å². The van der Waals surface area contributed by atoms with Gasteiger partial charge in [-0.2, -0.15) is 9.61 Å². The van der Waals surface area contributed by atoms with Gasteiger partial charge in [0.25, 0.3) is 5.91 Å². The van der Waals surface area contributed by atoms with E-state index in [9.17, 15) is 4.79 Å². The summed E-state index contributed by atoms with van der Waals surface area (Å²) in [6.45, 7) is 1.90. The second kappa shape index (κ2) is 6.27. The lowest BCUT2D eigenvalue weighted by Crippen LogP contribution is -2.11. The molecule has 124 valence electrons. The highest BCUT2D eigenvalue weighted by atomic mass is 35.5. The molecule has 25 heavy (non-hydrogen) atoms. The van der Waals surface area contributed by atoms with Crippen LogP contribution in [0.2, 0.25) is 5.02 Å². The van der Waals surface area contributed by atoms with Crippen LogP contribution in [0.4, 0.5) is 5.69 Å². The average molecular weight is 370 g/mol. The summed E-state index contributed by atoms with van der Waals surface area (Å²) in [5.41, 5.74) is 3.11. The summed E-state index contributed by atoms with van der Waals surface area (Å²) in [6, 6.07) is 12.7. The van der Waals surface area contributed by atoms with Crippen LogP contribution in [0.25, 0.3) is 15.5 Å². The lowest BCUT2D eigenvalue weighted by atomic mass is 10.1. The van der Waals surface area contributed by atoms with E-state index in [2.05, 4.69) is 20.6 Å². The molecule has 0 saturated heterocycles. The Kier molecular flexibility index (Phi) is 3.95. The van der Waals surface area contributed by atoms with E-state index in [4.69, 9.17) is 11.6 Å². The molecule has 6 nitrogen and oxygen atoms in total. The predicted molar refractivity (Wildman–Crippen MR) is 98.2 cm³/mol. The quantitative estimate of drug-likeness (QED) is 0.591. The van der Waals surface area contributed by atoms with Crippen LogP contribution >= 0.6 is 22.9 Å². The Morgan fingerprint density at radius 1 is 1.20 bits per heavy atom. The first-order valence-electron chi connectivity index (χ1n) is 7.45. The molecule has 0 aliphatic rings. The Bertz CT molecular complexity index is 1040. The molecule has 4 aromatic rings. The monoisotopic (exact) mass is 369 g/mol. The molecule has 2 aromatic heterocycles. The number of hydrogen-bond donors (Lipinski definition) is 1. The number of nitrogens with zero attached hydrogens (tertiary/aromatic N) is 4. The van der Waals surface area contributed by atoms with E-state index >= 15 is 0 Å². The highest BCUT2D eigenvalue weighted by Gasteiger charge is 2.10. The lowest BCUT2D eigenvalue weighted by molar-refractivity contribution is 0.102. The molecule has 0 aliphatic heterocycles. The van der Waals surface area contributed by atoms with Gasteiger partial charge in [-0.05, 0) is 48.9 Å². The minimum atomic E-state index is -0.201. The average Bonchev–Trinajstić information content (AvgIpc) is 3.20. The summed E-state index contributed by atoms with van der Waals surface area (Å²) in [6.07, 6.45) is 1.57. The van der Waals surface area contributed by atoms with Gasteiger partial charge >= 0.3 is 0 Å². The van der Waals surface area contributed by atoms with Gasteiger partial charge in [0, 0.05) is 21.8 Å². The highest BCUT2D eigenvalue weighted by Crippen LogP contribution is 2.26. The third-order valence-corrected chi connectivity index (χ3v) is 5.08. The maximum absolute atomic E-state index is 12.3. The Morgan fingerprint density at radius 2 is 2.00 bits per heavy atom. The van der Waals surface area contributed by atoms with Crippen LogP contribution < -0.4 is 5.32 Å². The van der Waals surface area contributed by atoms with Crippen LogP contribution in [0.3, 0.4) is 0 Å². The van der Waals surface area contributed by atoms with Gasteiger partial charge in [0.05, 0.1) is 0 Å². The molecule has 0 radical (unpaired) electrons. The first kappa shape index (κ1) is 15.7. The van der Waals surface area contributed by atoms with E-state index in [1.165, 1.54) is 11.3 Å². The smallest absolute Gasteiger partial charge is 0.255 e. The predicted octanol–water partition coefficient (Wildman–Crippen LogP) is 4.07. The number of anilines is 1. The third kappa shape index (κ3) is 3.11. The molecule has 2 aromatic carbocycles. The molecule has 4 rings (SSSR count). The topological polar surface area (TPSA) is 72.2 Å². The number of carbonyl (C=O) groups is 1. The fraction of sp³-hybridized carbons (Fsp3) is 0.0588. The van der Waals surface area contributed by atoms with Crippen molar-refractivity contribution in [1.29, 1.82) is 0 Å². The number of benzene rings is 2. The van der Waals surface area contributed by atoms with E-state index in [1.54, 1.807) is 23.0 Å². The number of fused-ring (bicyclic) bond motifs is 1. The van der Waals surface area contributed by atoms with Gasteiger partial charge in [0.2, 0.25) is 4.96 Å². The summed E-state index contributed by atoms with van der Waals surface area (Å²) in [5, 5.41) is 16.4. The number of aryl methyl sites for hydroxylation is 1. The second-order valence-corrected chi connectivity index (χ2v) is 6.82. The molecule has 0 atom stereocenters. The number of rotatable bonds is 3. The Morgan fingerprint density at radius 3 is 2.72 bits per heavy atom. The minimum absolute atomic E-state index is 0.201. The molecule has 0 fully saturated rings. The van der Waals surface area contributed by atoms with Crippen molar-refractivity contribution in [3.05, 3.63) is 64.9 Å². The van der Waals surface area contributed by atoms with Gasteiger partial charge in [-0.15, -0.1) is 10.2 Å². The first-order chi connectivity index (χ1) is 12.1. The van der Waals surface area contributed by atoms with Gasteiger partial charge in [0.1, 0.15) is 11.3 Å². The maximum Gasteiger partial charge on any atom is 0.255 e. The van der Waals surface area contributed by atoms with Crippen LogP contribution in [-0.4, -0.2) is 25.7 Å². The van der Waals surface area contributed by atoms with Crippen molar-refractivity contribution in [2.45, 2.75) is 6.92 Å². The van der Waals surface area contributed by atoms with Crippen LogP contribution in [0.5, 0.6) is 0 Å². The van der Waals surface area contributed by atoms with Crippen molar-refractivity contribution in [3.63, 3.8) is 0 Å². The van der Waals surface area contributed by atoms with Gasteiger partial charge < -0.3 is 5.32 Å². The Hall–Kier alpha value is -2.77. The molecule has 2 heterocycles. The zero-order chi connectivity index (χ0) is 17.4. The molecular formula is C17H12ClN5OS. The lowest BCUT2D eigenvalue weighted by Gasteiger charge is -2.07. The number of amides is 1. The van der Waals surface area contributed by atoms with Gasteiger partial charge in [-0.3, -0.25) is 4.79 Å². The summed E-state index contributed by atoms with van der Waals surface area (Å²) >= 11 is 7.53. The summed E-state index contributed by atoms with van der Waals surface area (Å²) in [5.74, 6) is -0.201. The molecule has 1 N–H and O–H groups in total. The van der Waals surface area contributed by atoms with E-state index in [1.807, 2.05) is 37.3 Å². The summed E-state index contributed by atoms with van der Waals surface area (Å²) in [7, 11) is 0. The van der Waals surface area contributed by atoms with E-state index in [-0.39, 0.29) is 5.91 Å². The van der Waals surface area contributed by atoms with Crippen LogP contribution in [0.15, 0.2) is 48.8 Å². The summed E-state index contributed by atoms with van der Waals surface area (Å²) < 4.78 is 1.64. The number of carbonyl (C=O) groups excluding carboxylic acids is 1. The SMILES string of the molecule is Cc1ccc(C(=O)Nc2ccc(-c3nn4cnnc4s3)cc2)cc1Cl. The standard InChI is InChI=1S/C17H12ClN5OS/c1-10-2-3-12(8-14(10)18)15(24)20-13-6-4-11(5-7-13)16-22-23-9-19-21-17(23)25-16/h2-9H,1H3,(H,20,24). The molecule has 0 unspecified atom stereocenters. The normalized spacial score (nSPS) is 11.0. The molecule has 0 saturated carbocycles. The molecule has 1 amide bonds. The zero-order valence-electron chi connectivity index (χ0n) is 13.1. The minimum Gasteiger partial charge on any atom is -0.322 e. The van der Waals surface area contributed by atoms with Crippen LogP contribution in [0, 0.1) is 6.92 Å². The maximum atomic E-state index is 12.3. The fourth-order valence-corrected chi connectivity index (χ4v) is 3.32. The fourth-order valence-electron chi connectivity index (χ4n) is 2.31. The van der Waals surface area contributed by atoms with Crippen molar-refractivity contribution >= 4 is 39.5 Å². The molecule has 0 aliphatic carbocycles. The molecule has 0 spiro atoms. The Balaban J connectivity index is 1.52. The van der Waals surface area contributed by atoms with Gasteiger partial charge in [-0.25, -0.2) is 0 Å². The third-order valence-electron chi connectivity index (χ3n) is 3.71. The molecule has 0 bridgehead atoms. The number of hydrogen-bond acceptors (Lipinski definition) is 5. The van der Waals surface area contributed by atoms with Crippen molar-refractivity contribution in [3.8, 4) is 10.6 Å². The number of aromatic nitrogens is 4. The second-order valence-electron chi connectivity index (χ2n) is 5.46. The highest BCUT2D eigenvalue weighted by molar-refractivity contribution is 7.19. The number of halogens is 1.